The third-order valence-corrected chi connectivity index (χ3v) is 0.841. The van der Waals surface area contributed by atoms with E-state index in [-0.39, 0.29) is 0 Å². The number of hydrogen-bond acceptors (Lipinski definition) is 1. The molecule has 0 unspecified atom stereocenters. The molecule has 0 rings (SSSR count). The average Bonchev–Trinajstić information content (AvgIpc) is 1.89. The Kier molecular flexibility index (Phi) is 6.66. The molecular formula is C8H12O. The van der Waals surface area contributed by atoms with Crippen molar-refractivity contribution < 1.29 is 4.74 Å². The molecule has 0 N–H and O–H groups in total. The van der Waals surface area contributed by atoms with Gasteiger partial charge in [0.1, 0.15) is 0 Å². The first-order valence-corrected chi connectivity index (χ1v) is 3.04. The van der Waals surface area contributed by atoms with E-state index >= 15 is 0 Å². The molecule has 0 spiro atoms. The Balaban J connectivity index is 2.85. The summed E-state index contributed by atoms with van der Waals surface area (Å²) in [6.45, 7) is 3.31. The van der Waals surface area contributed by atoms with Gasteiger partial charge in [-0.25, -0.2) is 0 Å². The highest BCUT2D eigenvalue weighted by Crippen LogP contribution is 1.80. The Morgan fingerprint density at radius 1 is 1.67 bits per heavy atom. The van der Waals surface area contributed by atoms with Gasteiger partial charge in [0.2, 0.25) is 0 Å². The molecule has 0 amide bonds. The average molecular weight is 124 g/mol. The molecule has 9 heavy (non-hydrogen) atoms. The molecule has 0 aromatic rings. The first kappa shape index (κ1) is 8.26. The molecule has 0 aromatic heterocycles. The van der Waals surface area contributed by atoms with E-state index in [1.54, 1.807) is 0 Å². The molecule has 0 saturated heterocycles. The topological polar surface area (TPSA) is 9.23 Å². The monoisotopic (exact) mass is 124 g/mol. The van der Waals surface area contributed by atoms with Crippen molar-refractivity contribution in [1.82, 2.24) is 0 Å². The third-order valence-electron chi connectivity index (χ3n) is 0.841. The van der Waals surface area contributed by atoms with Crippen LogP contribution in [-0.4, -0.2) is 13.2 Å². The molecule has 0 aliphatic carbocycles. The zero-order chi connectivity index (χ0) is 6.95. The van der Waals surface area contributed by atoms with Crippen molar-refractivity contribution in [3.05, 3.63) is 12.2 Å². The van der Waals surface area contributed by atoms with Crippen LogP contribution in [0.5, 0.6) is 0 Å². The SMILES string of the molecule is C#CCCOCC=CC. The Bertz CT molecular complexity index is 108. The summed E-state index contributed by atoms with van der Waals surface area (Å²) in [4.78, 5) is 0. The Labute approximate surface area is 56.7 Å². The fourth-order valence-corrected chi connectivity index (χ4v) is 0.379. The minimum atomic E-state index is 0.668. The van der Waals surface area contributed by atoms with E-state index in [9.17, 15) is 0 Å². The molecule has 0 bridgehead atoms. The van der Waals surface area contributed by atoms with E-state index in [1.165, 1.54) is 0 Å². The highest BCUT2D eigenvalue weighted by atomic mass is 16.5. The van der Waals surface area contributed by atoms with Crippen LogP contribution in [0.15, 0.2) is 12.2 Å². The maximum absolute atomic E-state index is 5.09. The number of ether oxygens (including phenoxy) is 1. The normalized spacial score (nSPS) is 9.78. The summed E-state index contributed by atoms with van der Waals surface area (Å²) in [6.07, 6.45) is 9.61. The zero-order valence-electron chi connectivity index (χ0n) is 5.76. The zero-order valence-corrected chi connectivity index (χ0v) is 5.76. The van der Waals surface area contributed by atoms with E-state index in [0.717, 1.165) is 0 Å². The van der Waals surface area contributed by atoms with Crippen LogP contribution in [0.25, 0.3) is 0 Å². The van der Waals surface area contributed by atoms with Gasteiger partial charge in [0.05, 0.1) is 13.2 Å². The van der Waals surface area contributed by atoms with E-state index in [2.05, 4.69) is 5.92 Å². The van der Waals surface area contributed by atoms with Crippen LogP contribution in [-0.2, 0) is 4.74 Å². The van der Waals surface area contributed by atoms with Gasteiger partial charge in [0.15, 0.2) is 0 Å². The fraction of sp³-hybridized carbons (Fsp3) is 0.500. The summed E-state index contributed by atoms with van der Waals surface area (Å²) < 4.78 is 5.09. The lowest BCUT2D eigenvalue weighted by molar-refractivity contribution is 0.169. The summed E-state index contributed by atoms with van der Waals surface area (Å²) in [7, 11) is 0. The molecule has 0 radical (unpaired) electrons. The molecule has 0 aromatic carbocycles. The molecule has 0 aliphatic rings. The summed E-state index contributed by atoms with van der Waals surface area (Å²) in [6, 6.07) is 0. The maximum Gasteiger partial charge on any atom is 0.0647 e. The predicted molar refractivity (Wildman–Crippen MR) is 39.1 cm³/mol. The minimum absolute atomic E-state index is 0.668. The van der Waals surface area contributed by atoms with Crippen molar-refractivity contribution in [3.63, 3.8) is 0 Å². The van der Waals surface area contributed by atoms with E-state index < -0.39 is 0 Å². The van der Waals surface area contributed by atoms with Gasteiger partial charge in [-0.3, -0.25) is 0 Å². The predicted octanol–water partition coefficient (Wildman–Crippen LogP) is 1.60. The lowest BCUT2D eigenvalue weighted by atomic mass is 10.5. The molecule has 0 saturated carbocycles. The van der Waals surface area contributed by atoms with Crippen molar-refractivity contribution in [2.45, 2.75) is 13.3 Å². The lowest BCUT2D eigenvalue weighted by Crippen LogP contribution is -1.91. The number of allylic oxidation sites excluding steroid dienone is 1. The first-order chi connectivity index (χ1) is 4.41. The Morgan fingerprint density at radius 3 is 3.00 bits per heavy atom. The van der Waals surface area contributed by atoms with E-state index in [1.807, 2.05) is 19.1 Å². The van der Waals surface area contributed by atoms with Crippen LogP contribution in [0.4, 0.5) is 0 Å². The van der Waals surface area contributed by atoms with Crippen molar-refractivity contribution in [3.8, 4) is 12.3 Å². The molecule has 1 heteroatoms. The highest BCUT2D eigenvalue weighted by molar-refractivity contribution is 4.83. The van der Waals surface area contributed by atoms with Crippen molar-refractivity contribution in [2.24, 2.45) is 0 Å². The Morgan fingerprint density at radius 2 is 2.44 bits per heavy atom. The summed E-state index contributed by atoms with van der Waals surface area (Å²) in [5, 5.41) is 0. The van der Waals surface area contributed by atoms with Gasteiger partial charge in [0, 0.05) is 6.42 Å². The van der Waals surface area contributed by atoms with Crippen LogP contribution in [0.3, 0.4) is 0 Å². The largest absolute Gasteiger partial charge is 0.376 e. The standard InChI is InChI=1S/C8H12O/c1-3-5-7-9-8-6-4-2/h1,4,6H,5,7-8H2,2H3. The van der Waals surface area contributed by atoms with Gasteiger partial charge in [0.25, 0.3) is 0 Å². The molecule has 0 aliphatic heterocycles. The number of rotatable bonds is 4. The second kappa shape index (κ2) is 7.26. The van der Waals surface area contributed by atoms with Crippen LogP contribution in [0.1, 0.15) is 13.3 Å². The van der Waals surface area contributed by atoms with E-state index in [4.69, 9.17) is 11.2 Å². The van der Waals surface area contributed by atoms with Crippen LogP contribution >= 0.6 is 0 Å². The molecule has 0 heterocycles. The molecule has 0 atom stereocenters. The number of hydrogen-bond donors (Lipinski definition) is 0. The highest BCUT2D eigenvalue weighted by Gasteiger charge is 1.78. The van der Waals surface area contributed by atoms with Gasteiger partial charge < -0.3 is 4.74 Å². The van der Waals surface area contributed by atoms with Gasteiger partial charge in [-0.05, 0) is 6.92 Å². The second-order valence-corrected chi connectivity index (χ2v) is 1.60. The smallest absolute Gasteiger partial charge is 0.0647 e. The Hall–Kier alpha value is -0.740. The minimum Gasteiger partial charge on any atom is -0.376 e. The third kappa shape index (κ3) is 7.26. The molecular weight excluding hydrogens is 112 g/mol. The van der Waals surface area contributed by atoms with Crippen molar-refractivity contribution >= 4 is 0 Å². The number of terminal acetylenes is 1. The maximum atomic E-state index is 5.09. The molecule has 1 nitrogen and oxygen atoms in total. The fourth-order valence-electron chi connectivity index (χ4n) is 0.379. The van der Waals surface area contributed by atoms with Gasteiger partial charge in [-0.2, -0.15) is 0 Å². The first-order valence-electron chi connectivity index (χ1n) is 3.04. The van der Waals surface area contributed by atoms with Crippen LogP contribution < -0.4 is 0 Å². The van der Waals surface area contributed by atoms with E-state index in [0.29, 0.717) is 19.6 Å². The molecule has 0 fully saturated rings. The van der Waals surface area contributed by atoms with Gasteiger partial charge in [-0.1, -0.05) is 12.2 Å². The lowest BCUT2D eigenvalue weighted by Gasteiger charge is -1.93. The van der Waals surface area contributed by atoms with Crippen molar-refractivity contribution in [2.75, 3.05) is 13.2 Å². The van der Waals surface area contributed by atoms with Crippen molar-refractivity contribution in [1.29, 1.82) is 0 Å². The quantitative estimate of drug-likeness (QED) is 0.314. The summed E-state index contributed by atoms with van der Waals surface area (Å²) in [5.41, 5.74) is 0. The summed E-state index contributed by atoms with van der Waals surface area (Å²) >= 11 is 0. The second-order valence-electron chi connectivity index (χ2n) is 1.60. The van der Waals surface area contributed by atoms with Crippen LogP contribution in [0.2, 0.25) is 0 Å². The van der Waals surface area contributed by atoms with Crippen LogP contribution in [0, 0.1) is 12.3 Å². The van der Waals surface area contributed by atoms with Gasteiger partial charge in [-0.15, -0.1) is 12.3 Å². The van der Waals surface area contributed by atoms with Gasteiger partial charge >= 0.3 is 0 Å². The summed E-state index contributed by atoms with van der Waals surface area (Å²) in [5.74, 6) is 2.50. The molecule has 50 valence electrons.